The highest BCUT2D eigenvalue weighted by Crippen LogP contribution is 2.20. The van der Waals surface area contributed by atoms with Gasteiger partial charge in [-0.15, -0.1) is 11.3 Å². The highest BCUT2D eigenvalue weighted by Gasteiger charge is 2.27. The maximum absolute atomic E-state index is 13.3. The van der Waals surface area contributed by atoms with Crippen LogP contribution in [0, 0.1) is 5.82 Å². The quantitative estimate of drug-likeness (QED) is 0.750. The SMILES string of the molecule is CC(Oc1cccc(F)c1)C(=O)N(Cc1cccs1)CC1CCCO1. The largest absolute Gasteiger partial charge is 0.481 e. The summed E-state index contributed by atoms with van der Waals surface area (Å²) in [7, 11) is 0. The molecule has 1 aromatic carbocycles. The van der Waals surface area contributed by atoms with Gasteiger partial charge < -0.3 is 14.4 Å². The van der Waals surface area contributed by atoms with Crippen LogP contribution in [-0.2, 0) is 16.1 Å². The summed E-state index contributed by atoms with van der Waals surface area (Å²) in [5.74, 6) is -0.144. The van der Waals surface area contributed by atoms with Crippen LogP contribution in [0.1, 0.15) is 24.6 Å². The third-order valence-corrected chi connectivity index (χ3v) is 5.00. The summed E-state index contributed by atoms with van der Waals surface area (Å²) in [5, 5.41) is 2.00. The van der Waals surface area contributed by atoms with Crippen molar-refractivity contribution in [3.05, 3.63) is 52.5 Å². The Morgan fingerprint density at radius 2 is 2.32 bits per heavy atom. The van der Waals surface area contributed by atoms with E-state index in [1.165, 1.54) is 12.1 Å². The Morgan fingerprint density at radius 3 is 3.00 bits per heavy atom. The van der Waals surface area contributed by atoms with Crippen LogP contribution in [0.2, 0.25) is 0 Å². The summed E-state index contributed by atoms with van der Waals surface area (Å²) in [6.07, 6.45) is 1.38. The first kappa shape index (κ1) is 17.9. The van der Waals surface area contributed by atoms with Gasteiger partial charge in [0.2, 0.25) is 0 Å². The van der Waals surface area contributed by atoms with E-state index in [-0.39, 0.29) is 17.8 Å². The van der Waals surface area contributed by atoms with Gasteiger partial charge in [0, 0.05) is 24.1 Å². The number of hydrogen-bond donors (Lipinski definition) is 0. The predicted molar refractivity (Wildman–Crippen MR) is 95.2 cm³/mol. The minimum absolute atomic E-state index is 0.0743. The average Bonchev–Trinajstić information content (AvgIpc) is 3.27. The lowest BCUT2D eigenvalue weighted by atomic mass is 10.2. The standard InChI is InChI=1S/C19H22FNO3S/c1-14(24-16-6-2-5-15(20)11-16)19(22)21(12-17-7-3-9-23-17)13-18-8-4-10-25-18/h2,4-6,8,10-11,14,17H,3,7,9,12-13H2,1H3. The third kappa shape index (κ3) is 5.03. The van der Waals surface area contributed by atoms with E-state index >= 15 is 0 Å². The van der Waals surface area contributed by atoms with E-state index in [0.717, 1.165) is 24.3 Å². The van der Waals surface area contributed by atoms with E-state index < -0.39 is 6.10 Å². The van der Waals surface area contributed by atoms with Crippen LogP contribution in [-0.4, -0.2) is 36.2 Å². The van der Waals surface area contributed by atoms with Gasteiger partial charge in [0.1, 0.15) is 11.6 Å². The summed E-state index contributed by atoms with van der Waals surface area (Å²) < 4.78 is 24.6. The predicted octanol–water partition coefficient (Wildman–Crippen LogP) is 3.86. The summed E-state index contributed by atoms with van der Waals surface area (Å²) in [6.45, 7) is 3.53. The third-order valence-electron chi connectivity index (χ3n) is 4.14. The van der Waals surface area contributed by atoms with Crippen molar-refractivity contribution in [3.8, 4) is 5.75 Å². The van der Waals surface area contributed by atoms with Crippen LogP contribution < -0.4 is 4.74 Å². The topological polar surface area (TPSA) is 38.8 Å². The van der Waals surface area contributed by atoms with Crippen molar-refractivity contribution >= 4 is 17.2 Å². The fourth-order valence-electron chi connectivity index (χ4n) is 2.91. The van der Waals surface area contributed by atoms with Gasteiger partial charge in [-0.2, -0.15) is 0 Å². The molecule has 1 aromatic heterocycles. The number of thiophene rings is 1. The van der Waals surface area contributed by atoms with E-state index in [0.29, 0.717) is 18.8 Å². The summed E-state index contributed by atoms with van der Waals surface area (Å²) in [4.78, 5) is 15.8. The zero-order chi connectivity index (χ0) is 17.6. The molecule has 134 valence electrons. The summed E-state index contributed by atoms with van der Waals surface area (Å²) in [5.41, 5.74) is 0. The number of amides is 1. The Kier molecular flexibility index (Phi) is 6.04. The lowest BCUT2D eigenvalue weighted by Gasteiger charge is -2.28. The molecule has 0 bridgehead atoms. The monoisotopic (exact) mass is 363 g/mol. The van der Waals surface area contributed by atoms with Crippen LogP contribution in [0.15, 0.2) is 41.8 Å². The molecular formula is C19H22FNO3S. The molecule has 1 aliphatic rings. The minimum Gasteiger partial charge on any atom is -0.481 e. The molecule has 1 saturated heterocycles. The normalized spacial score (nSPS) is 18.1. The Morgan fingerprint density at radius 1 is 1.44 bits per heavy atom. The maximum Gasteiger partial charge on any atom is 0.263 e. The fourth-order valence-corrected chi connectivity index (χ4v) is 3.63. The number of nitrogens with zero attached hydrogens (tertiary/aromatic N) is 1. The number of ether oxygens (including phenoxy) is 2. The van der Waals surface area contributed by atoms with Gasteiger partial charge in [-0.25, -0.2) is 4.39 Å². The fraction of sp³-hybridized carbons (Fsp3) is 0.421. The van der Waals surface area contributed by atoms with Gasteiger partial charge in [-0.3, -0.25) is 4.79 Å². The van der Waals surface area contributed by atoms with Crippen molar-refractivity contribution < 1.29 is 18.7 Å². The lowest BCUT2D eigenvalue weighted by Crippen LogP contribution is -2.43. The first-order valence-corrected chi connectivity index (χ1v) is 9.35. The van der Waals surface area contributed by atoms with E-state index in [1.807, 2.05) is 17.5 Å². The smallest absolute Gasteiger partial charge is 0.263 e. The maximum atomic E-state index is 13.3. The number of carbonyl (C=O) groups is 1. The molecule has 4 nitrogen and oxygen atoms in total. The molecule has 0 N–H and O–H groups in total. The second-order valence-corrected chi connectivity index (χ2v) is 7.18. The molecule has 0 saturated carbocycles. The highest BCUT2D eigenvalue weighted by atomic mass is 32.1. The summed E-state index contributed by atoms with van der Waals surface area (Å²) >= 11 is 1.62. The van der Waals surface area contributed by atoms with Crippen LogP contribution in [0.5, 0.6) is 5.75 Å². The molecule has 0 aliphatic carbocycles. The molecule has 1 aliphatic heterocycles. The molecule has 1 fully saturated rings. The van der Waals surface area contributed by atoms with E-state index in [2.05, 4.69) is 0 Å². The molecule has 0 spiro atoms. The summed E-state index contributed by atoms with van der Waals surface area (Å²) in [6, 6.07) is 9.83. The number of benzene rings is 1. The zero-order valence-corrected chi connectivity index (χ0v) is 15.0. The minimum atomic E-state index is -0.692. The molecule has 2 heterocycles. The number of rotatable bonds is 7. The van der Waals surface area contributed by atoms with Crippen LogP contribution >= 0.6 is 11.3 Å². The molecule has 0 radical (unpaired) electrons. The molecule has 3 rings (SSSR count). The second kappa shape index (κ2) is 8.45. The van der Waals surface area contributed by atoms with E-state index in [1.54, 1.807) is 35.3 Å². The number of hydrogen-bond acceptors (Lipinski definition) is 4. The van der Waals surface area contributed by atoms with Gasteiger partial charge in [-0.05, 0) is 43.3 Å². The Labute approximate surface area is 151 Å². The highest BCUT2D eigenvalue weighted by molar-refractivity contribution is 7.09. The molecule has 2 aromatic rings. The first-order chi connectivity index (χ1) is 12.1. The van der Waals surface area contributed by atoms with Gasteiger partial charge >= 0.3 is 0 Å². The van der Waals surface area contributed by atoms with Crippen LogP contribution in [0.25, 0.3) is 0 Å². The second-order valence-electron chi connectivity index (χ2n) is 6.15. The Hall–Kier alpha value is -1.92. The van der Waals surface area contributed by atoms with Gasteiger partial charge in [-0.1, -0.05) is 12.1 Å². The average molecular weight is 363 g/mol. The van der Waals surface area contributed by atoms with Crippen molar-refractivity contribution in [2.24, 2.45) is 0 Å². The van der Waals surface area contributed by atoms with E-state index in [9.17, 15) is 9.18 Å². The Bertz CT molecular complexity index is 686. The van der Waals surface area contributed by atoms with Crippen molar-refractivity contribution in [2.45, 2.75) is 38.5 Å². The molecule has 6 heteroatoms. The molecule has 25 heavy (non-hydrogen) atoms. The molecular weight excluding hydrogens is 341 g/mol. The van der Waals surface area contributed by atoms with E-state index in [4.69, 9.17) is 9.47 Å². The van der Waals surface area contributed by atoms with Crippen molar-refractivity contribution in [2.75, 3.05) is 13.2 Å². The van der Waals surface area contributed by atoms with Gasteiger partial charge in [0.15, 0.2) is 6.10 Å². The first-order valence-electron chi connectivity index (χ1n) is 8.47. The van der Waals surface area contributed by atoms with Crippen LogP contribution in [0.4, 0.5) is 4.39 Å². The number of halogens is 1. The van der Waals surface area contributed by atoms with Crippen molar-refractivity contribution in [1.29, 1.82) is 0 Å². The van der Waals surface area contributed by atoms with Gasteiger partial charge in [0.25, 0.3) is 5.91 Å². The lowest BCUT2D eigenvalue weighted by molar-refractivity contribution is -0.140. The zero-order valence-electron chi connectivity index (χ0n) is 14.2. The number of carbonyl (C=O) groups excluding carboxylic acids is 1. The molecule has 2 atom stereocenters. The Balaban J connectivity index is 1.67. The molecule has 2 unspecified atom stereocenters. The molecule has 1 amide bonds. The van der Waals surface area contributed by atoms with Crippen molar-refractivity contribution in [3.63, 3.8) is 0 Å². The van der Waals surface area contributed by atoms with Crippen LogP contribution in [0.3, 0.4) is 0 Å². The van der Waals surface area contributed by atoms with Crippen molar-refractivity contribution in [1.82, 2.24) is 4.90 Å². The van der Waals surface area contributed by atoms with Gasteiger partial charge in [0.05, 0.1) is 12.6 Å².